The first-order chi connectivity index (χ1) is 12.0. The first-order valence-corrected chi connectivity index (χ1v) is 8.26. The number of nitrogens with one attached hydrogen (secondary N) is 1. The molecule has 2 unspecified atom stereocenters. The van der Waals surface area contributed by atoms with Gasteiger partial charge in [0, 0.05) is 23.3 Å². The van der Waals surface area contributed by atoms with Crippen molar-refractivity contribution in [2.75, 3.05) is 7.11 Å². The maximum absolute atomic E-state index is 15.4. The molecule has 1 heterocycles. The van der Waals surface area contributed by atoms with E-state index in [2.05, 4.69) is 10.3 Å². The topological polar surface area (TPSA) is 71.5 Å². The van der Waals surface area contributed by atoms with Crippen LogP contribution in [-0.2, 0) is 17.0 Å². The molecular formula is C18H18ClFN2O3. The van der Waals surface area contributed by atoms with Crippen molar-refractivity contribution in [2.45, 2.75) is 31.2 Å². The Morgan fingerprint density at radius 3 is 3.04 bits per heavy atom. The third-order valence-electron chi connectivity index (χ3n) is 4.40. The van der Waals surface area contributed by atoms with Crippen molar-refractivity contribution in [2.24, 2.45) is 0 Å². The van der Waals surface area contributed by atoms with E-state index in [0.29, 0.717) is 16.3 Å². The largest absolute Gasteiger partial charge is 0.497 e. The maximum Gasteiger partial charge on any atom is 0.262 e. The van der Waals surface area contributed by atoms with Crippen molar-refractivity contribution in [3.05, 3.63) is 58.4 Å². The highest BCUT2D eigenvalue weighted by atomic mass is 35.5. The van der Waals surface area contributed by atoms with Crippen molar-refractivity contribution < 1.29 is 19.0 Å². The summed E-state index contributed by atoms with van der Waals surface area (Å²) in [6.07, 6.45) is 0.652. The van der Waals surface area contributed by atoms with E-state index in [0.717, 1.165) is 0 Å². The summed E-state index contributed by atoms with van der Waals surface area (Å²) >= 11 is 6.14. The lowest BCUT2D eigenvalue weighted by molar-refractivity contribution is -0.135. The van der Waals surface area contributed by atoms with Crippen molar-refractivity contribution in [3.63, 3.8) is 0 Å². The fourth-order valence-corrected chi connectivity index (χ4v) is 3.21. The Bertz CT molecular complexity index is 802. The number of aliphatic hydroxyl groups excluding tert-OH is 1. The predicted molar refractivity (Wildman–Crippen MR) is 91.1 cm³/mol. The minimum atomic E-state index is -2.22. The lowest BCUT2D eigenvalue weighted by Crippen LogP contribution is -2.44. The van der Waals surface area contributed by atoms with E-state index in [9.17, 15) is 9.90 Å². The Morgan fingerprint density at radius 1 is 1.52 bits per heavy atom. The molecule has 2 aromatic rings. The molecule has 0 saturated carbocycles. The molecule has 1 aromatic heterocycles. The van der Waals surface area contributed by atoms with E-state index in [1.807, 2.05) is 0 Å². The Kier molecular flexibility index (Phi) is 4.92. The number of ether oxygens (including phenoxy) is 1. The first kappa shape index (κ1) is 17.6. The lowest BCUT2D eigenvalue weighted by atomic mass is 9.81. The summed E-state index contributed by atoms with van der Waals surface area (Å²) in [4.78, 5) is 16.6. The van der Waals surface area contributed by atoms with Crippen molar-refractivity contribution in [1.82, 2.24) is 10.3 Å². The van der Waals surface area contributed by atoms with Crippen LogP contribution in [0.1, 0.15) is 35.8 Å². The number of aliphatic hydroxyl groups is 1. The number of amides is 1. The molecule has 0 spiro atoms. The van der Waals surface area contributed by atoms with Gasteiger partial charge in [-0.1, -0.05) is 23.7 Å². The molecule has 2 atom stereocenters. The summed E-state index contributed by atoms with van der Waals surface area (Å²) in [6, 6.07) is 8.11. The van der Waals surface area contributed by atoms with Crippen LogP contribution in [0.3, 0.4) is 0 Å². The quantitative estimate of drug-likeness (QED) is 0.874. The van der Waals surface area contributed by atoms with Gasteiger partial charge in [0.15, 0.2) is 0 Å². The molecule has 0 saturated heterocycles. The molecule has 0 radical (unpaired) electrons. The number of pyridine rings is 1. The van der Waals surface area contributed by atoms with Crippen LogP contribution in [0.2, 0.25) is 5.02 Å². The van der Waals surface area contributed by atoms with Crippen LogP contribution < -0.4 is 10.1 Å². The zero-order chi connectivity index (χ0) is 18.0. The van der Waals surface area contributed by atoms with Gasteiger partial charge in [-0.05, 0) is 36.6 Å². The standard InChI is InChI=1S/C18H18ClFN2O3/c1-25-12-5-4-11(14(19)9-12)10-22-17(24)18(20)7-6-15(23)16-13(18)3-2-8-21-16/h2-5,8-9,15,23H,6-7,10H2,1H3,(H,22,24). The molecule has 132 valence electrons. The second kappa shape index (κ2) is 6.98. The Morgan fingerprint density at radius 2 is 2.32 bits per heavy atom. The summed E-state index contributed by atoms with van der Waals surface area (Å²) in [7, 11) is 1.53. The first-order valence-electron chi connectivity index (χ1n) is 7.89. The van der Waals surface area contributed by atoms with Crippen LogP contribution in [0.15, 0.2) is 36.5 Å². The number of nitrogens with zero attached hydrogens (tertiary/aromatic N) is 1. The summed E-state index contributed by atoms with van der Waals surface area (Å²) in [5, 5.41) is 13.0. The van der Waals surface area contributed by atoms with Crippen LogP contribution in [0.25, 0.3) is 0 Å². The van der Waals surface area contributed by atoms with Crippen LogP contribution in [-0.4, -0.2) is 23.1 Å². The molecule has 1 aliphatic carbocycles. The third kappa shape index (κ3) is 3.32. The molecule has 1 amide bonds. The molecule has 0 aliphatic heterocycles. The smallest absolute Gasteiger partial charge is 0.262 e. The monoisotopic (exact) mass is 364 g/mol. The number of carbonyl (C=O) groups is 1. The van der Waals surface area contributed by atoms with E-state index in [-0.39, 0.29) is 30.6 Å². The van der Waals surface area contributed by atoms with Gasteiger partial charge in [0.2, 0.25) is 5.67 Å². The lowest BCUT2D eigenvalue weighted by Gasteiger charge is -2.32. The second-order valence-corrected chi connectivity index (χ2v) is 6.34. The number of rotatable bonds is 4. The van der Waals surface area contributed by atoms with Crippen molar-refractivity contribution in [1.29, 1.82) is 0 Å². The molecule has 0 bridgehead atoms. The van der Waals surface area contributed by atoms with Gasteiger partial charge < -0.3 is 15.2 Å². The zero-order valence-electron chi connectivity index (χ0n) is 13.6. The molecule has 1 aliphatic rings. The summed E-state index contributed by atoms with van der Waals surface area (Å²) < 4.78 is 20.5. The van der Waals surface area contributed by atoms with Crippen LogP contribution in [0, 0.1) is 0 Å². The van der Waals surface area contributed by atoms with Gasteiger partial charge in [-0.15, -0.1) is 0 Å². The fourth-order valence-electron chi connectivity index (χ4n) is 2.97. The molecule has 1 aromatic carbocycles. The van der Waals surface area contributed by atoms with Gasteiger partial charge >= 0.3 is 0 Å². The van der Waals surface area contributed by atoms with E-state index >= 15 is 4.39 Å². The van der Waals surface area contributed by atoms with Crippen molar-refractivity contribution >= 4 is 17.5 Å². The van der Waals surface area contributed by atoms with Crippen molar-refractivity contribution in [3.8, 4) is 5.75 Å². The predicted octanol–water partition coefficient (Wildman–Crippen LogP) is 3.05. The van der Waals surface area contributed by atoms with E-state index in [1.165, 1.54) is 19.4 Å². The highest BCUT2D eigenvalue weighted by molar-refractivity contribution is 6.31. The molecular weight excluding hydrogens is 347 g/mol. The minimum Gasteiger partial charge on any atom is -0.497 e. The number of hydrogen-bond acceptors (Lipinski definition) is 4. The Hall–Kier alpha value is -2.18. The van der Waals surface area contributed by atoms with Gasteiger partial charge in [-0.25, -0.2) is 4.39 Å². The highest BCUT2D eigenvalue weighted by Gasteiger charge is 2.46. The van der Waals surface area contributed by atoms with Gasteiger partial charge in [-0.3, -0.25) is 9.78 Å². The van der Waals surface area contributed by atoms with Gasteiger partial charge in [0.25, 0.3) is 5.91 Å². The number of benzene rings is 1. The molecule has 5 nitrogen and oxygen atoms in total. The number of halogens is 2. The Balaban J connectivity index is 1.78. The summed E-state index contributed by atoms with van der Waals surface area (Å²) in [6.45, 7) is 0.0888. The van der Waals surface area contributed by atoms with E-state index in [4.69, 9.17) is 16.3 Å². The highest BCUT2D eigenvalue weighted by Crippen LogP contribution is 2.42. The zero-order valence-corrected chi connectivity index (χ0v) is 14.4. The summed E-state index contributed by atoms with van der Waals surface area (Å²) in [5.41, 5.74) is -1.23. The molecule has 7 heteroatoms. The number of fused-ring (bicyclic) bond motifs is 1. The SMILES string of the molecule is COc1ccc(CNC(=O)C2(F)CCC(O)c3ncccc32)c(Cl)c1. The summed E-state index contributed by atoms with van der Waals surface area (Å²) in [5.74, 6) is -0.163. The van der Waals surface area contributed by atoms with Gasteiger partial charge in [-0.2, -0.15) is 0 Å². The number of carbonyl (C=O) groups excluding carboxylic acids is 1. The normalized spacial score (nSPS) is 22.2. The van der Waals surface area contributed by atoms with Gasteiger partial charge in [0.05, 0.1) is 18.9 Å². The molecule has 3 rings (SSSR count). The number of methoxy groups -OCH3 is 1. The number of alkyl halides is 1. The van der Waals surface area contributed by atoms with Crippen LogP contribution >= 0.6 is 11.6 Å². The molecule has 0 fully saturated rings. The van der Waals surface area contributed by atoms with Crippen LogP contribution in [0.4, 0.5) is 4.39 Å². The average Bonchev–Trinajstić information content (AvgIpc) is 2.63. The average molecular weight is 365 g/mol. The number of hydrogen-bond donors (Lipinski definition) is 2. The minimum absolute atomic E-state index is 0.0888. The third-order valence-corrected chi connectivity index (χ3v) is 4.75. The maximum atomic E-state index is 15.4. The van der Waals surface area contributed by atoms with Crippen LogP contribution in [0.5, 0.6) is 5.75 Å². The van der Waals surface area contributed by atoms with E-state index in [1.54, 1.807) is 24.3 Å². The second-order valence-electron chi connectivity index (χ2n) is 5.93. The van der Waals surface area contributed by atoms with E-state index < -0.39 is 17.7 Å². The fraction of sp³-hybridized carbons (Fsp3) is 0.333. The molecule has 25 heavy (non-hydrogen) atoms. The number of aromatic nitrogens is 1. The van der Waals surface area contributed by atoms with Gasteiger partial charge in [0.1, 0.15) is 5.75 Å². The Labute approximate surface area is 149 Å². The molecule has 2 N–H and O–H groups in total.